The first-order valence-electron chi connectivity index (χ1n) is 6.75. The van der Waals surface area contributed by atoms with Crippen LogP contribution in [0.25, 0.3) is 0 Å². The Balaban J connectivity index is 1.62. The molecule has 0 aromatic heterocycles. The van der Waals surface area contributed by atoms with E-state index in [1.54, 1.807) is 0 Å². The van der Waals surface area contributed by atoms with E-state index in [0.29, 0.717) is 18.9 Å². The van der Waals surface area contributed by atoms with Gasteiger partial charge in [-0.3, -0.25) is 4.79 Å². The summed E-state index contributed by atoms with van der Waals surface area (Å²) in [6, 6.07) is 10.1. The van der Waals surface area contributed by atoms with Crippen LogP contribution in [0.15, 0.2) is 30.3 Å². The molecular formula is C15H21NO2. The summed E-state index contributed by atoms with van der Waals surface area (Å²) in [7, 11) is 0. The molecule has 1 aliphatic heterocycles. The zero-order chi connectivity index (χ0) is 12.6. The van der Waals surface area contributed by atoms with E-state index < -0.39 is 0 Å². The first-order chi connectivity index (χ1) is 8.84. The normalized spacial score (nSPS) is 19.4. The lowest BCUT2D eigenvalue weighted by atomic mass is 9.96. The second kappa shape index (κ2) is 7.17. The van der Waals surface area contributed by atoms with Crippen LogP contribution in [0.2, 0.25) is 0 Å². The lowest BCUT2D eigenvalue weighted by Crippen LogP contribution is -2.31. The van der Waals surface area contributed by atoms with E-state index in [1.807, 2.05) is 18.2 Å². The van der Waals surface area contributed by atoms with Gasteiger partial charge in [0, 0.05) is 12.8 Å². The topological polar surface area (TPSA) is 38.3 Å². The molecule has 0 saturated carbocycles. The van der Waals surface area contributed by atoms with E-state index in [4.69, 9.17) is 4.74 Å². The highest BCUT2D eigenvalue weighted by atomic mass is 16.5. The predicted molar refractivity (Wildman–Crippen MR) is 71.3 cm³/mol. The second-order valence-electron chi connectivity index (χ2n) is 4.87. The molecule has 1 unspecified atom stereocenters. The van der Waals surface area contributed by atoms with Crippen molar-refractivity contribution in [3.63, 3.8) is 0 Å². The Morgan fingerprint density at radius 2 is 2.17 bits per heavy atom. The number of esters is 1. The van der Waals surface area contributed by atoms with E-state index in [0.717, 1.165) is 25.9 Å². The first-order valence-corrected chi connectivity index (χ1v) is 6.75. The van der Waals surface area contributed by atoms with Gasteiger partial charge in [-0.05, 0) is 37.4 Å². The molecule has 0 aliphatic carbocycles. The number of benzene rings is 1. The van der Waals surface area contributed by atoms with Crippen LogP contribution in [-0.4, -0.2) is 25.7 Å². The molecule has 1 aliphatic rings. The summed E-state index contributed by atoms with van der Waals surface area (Å²) >= 11 is 0. The summed E-state index contributed by atoms with van der Waals surface area (Å²) in [5.41, 5.74) is 1.21. The highest BCUT2D eigenvalue weighted by Gasteiger charge is 2.17. The van der Waals surface area contributed by atoms with Gasteiger partial charge in [0.15, 0.2) is 0 Å². The molecule has 98 valence electrons. The zero-order valence-corrected chi connectivity index (χ0v) is 10.7. The largest absolute Gasteiger partial charge is 0.465 e. The van der Waals surface area contributed by atoms with Crippen LogP contribution in [0.5, 0.6) is 0 Å². The molecule has 1 atom stereocenters. The van der Waals surface area contributed by atoms with Crippen molar-refractivity contribution in [3.05, 3.63) is 35.9 Å². The van der Waals surface area contributed by atoms with E-state index in [-0.39, 0.29) is 5.97 Å². The van der Waals surface area contributed by atoms with Gasteiger partial charge in [-0.2, -0.15) is 0 Å². The first kappa shape index (κ1) is 13.1. The van der Waals surface area contributed by atoms with Crippen molar-refractivity contribution in [1.29, 1.82) is 0 Å². The molecule has 0 amide bonds. The molecule has 3 heteroatoms. The van der Waals surface area contributed by atoms with Crippen LogP contribution in [0, 0.1) is 5.92 Å². The Morgan fingerprint density at radius 3 is 2.89 bits per heavy atom. The predicted octanol–water partition coefficient (Wildman–Crippen LogP) is 2.16. The van der Waals surface area contributed by atoms with E-state index in [2.05, 4.69) is 17.4 Å². The monoisotopic (exact) mass is 247 g/mol. The Morgan fingerprint density at radius 1 is 1.33 bits per heavy atom. The lowest BCUT2D eigenvalue weighted by molar-refractivity contribution is -0.144. The molecule has 0 radical (unpaired) electrons. The van der Waals surface area contributed by atoms with Crippen molar-refractivity contribution in [2.75, 3.05) is 19.7 Å². The zero-order valence-electron chi connectivity index (χ0n) is 10.7. The number of carbonyl (C=O) groups excluding carboxylic acids is 1. The maximum absolute atomic E-state index is 11.7. The van der Waals surface area contributed by atoms with Crippen molar-refractivity contribution < 1.29 is 9.53 Å². The number of piperidine rings is 1. The van der Waals surface area contributed by atoms with Gasteiger partial charge < -0.3 is 10.1 Å². The molecule has 1 aromatic carbocycles. The van der Waals surface area contributed by atoms with Crippen LogP contribution < -0.4 is 5.32 Å². The Hall–Kier alpha value is -1.35. The summed E-state index contributed by atoms with van der Waals surface area (Å²) in [4.78, 5) is 11.7. The minimum Gasteiger partial charge on any atom is -0.465 e. The van der Waals surface area contributed by atoms with Crippen molar-refractivity contribution in [1.82, 2.24) is 5.32 Å². The van der Waals surface area contributed by atoms with E-state index in [1.165, 1.54) is 12.0 Å². The van der Waals surface area contributed by atoms with Crippen LogP contribution >= 0.6 is 0 Å². The standard InChI is InChI=1S/C15H21NO2/c17-15(11-14-7-4-9-16-12-14)18-10-8-13-5-2-1-3-6-13/h1-3,5-6,14,16H,4,7-12H2. The molecule has 1 heterocycles. The lowest BCUT2D eigenvalue weighted by Gasteiger charge is -2.21. The highest BCUT2D eigenvalue weighted by Crippen LogP contribution is 2.14. The fourth-order valence-electron chi connectivity index (χ4n) is 2.32. The van der Waals surface area contributed by atoms with E-state index >= 15 is 0 Å². The number of hydrogen-bond donors (Lipinski definition) is 1. The second-order valence-corrected chi connectivity index (χ2v) is 4.87. The van der Waals surface area contributed by atoms with Crippen molar-refractivity contribution in [2.45, 2.75) is 25.7 Å². The third kappa shape index (κ3) is 4.49. The summed E-state index contributed by atoms with van der Waals surface area (Å²) < 4.78 is 5.28. The van der Waals surface area contributed by atoms with Crippen molar-refractivity contribution >= 4 is 5.97 Å². The minimum absolute atomic E-state index is 0.0559. The van der Waals surface area contributed by atoms with Gasteiger partial charge >= 0.3 is 5.97 Å². The van der Waals surface area contributed by atoms with E-state index in [9.17, 15) is 4.79 Å². The number of ether oxygens (including phenoxy) is 1. The number of nitrogens with one attached hydrogen (secondary N) is 1. The summed E-state index contributed by atoms with van der Waals surface area (Å²) in [5, 5.41) is 3.31. The average molecular weight is 247 g/mol. The summed E-state index contributed by atoms with van der Waals surface area (Å²) in [5.74, 6) is 0.405. The third-order valence-corrected chi connectivity index (χ3v) is 3.35. The Bertz CT molecular complexity index is 358. The molecule has 0 bridgehead atoms. The van der Waals surface area contributed by atoms with Crippen LogP contribution in [0.3, 0.4) is 0 Å². The fraction of sp³-hybridized carbons (Fsp3) is 0.533. The molecule has 3 nitrogen and oxygen atoms in total. The van der Waals surface area contributed by atoms with Gasteiger partial charge in [-0.15, -0.1) is 0 Å². The van der Waals surface area contributed by atoms with Gasteiger partial charge in [-0.1, -0.05) is 30.3 Å². The van der Waals surface area contributed by atoms with Gasteiger partial charge in [0.1, 0.15) is 0 Å². The molecule has 1 aromatic rings. The Labute approximate surface area is 109 Å². The van der Waals surface area contributed by atoms with Gasteiger partial charge in [0.2, 0.25) is 0 Å². The number of rotatable bonds is 5. The maximum Gasteiger partial charge on any atom is 0.306 e. The molecule has 2 rings (SSSR count). The molecule has 0 spiro atoms. The molecule has 1 saturated heterocycles. The SMILES string of the molecule is O=C(CC1CCCNC1)OCCc1ccccc1. The fourth-order valence-corrected chi connectivity index (χ4v) is 2.32. The smallest absolute Gasteiger partial charge is 0.306 e. The average Bonchev–Trinajstić information content (AvgIpc) is 2.41. The molecule has 1 N–H and O–H groups in total. The Kier molecular flexibility index (Phi) is 5.21. The summed E-state index contributed by atoms with van der Waals surface area (Å²) in [6.45, 7) is 2.52. The highest BCUT2D eigenvalue weighted by molar-refractivity contribution is 5.69. The minimum atomic E-state index is -0.0559. The molecule has 18 heavy (non-hydrogen) atoms. The van der Waals surface area contributed by atoms with Crippen molar-refractivity contribution in [2.24, 2.45) is 5.92 Å². The number of carbonyl (C=O) groups is 1. The van der Waals surface area contributed by atoms with Gasteiger partial charge in [-0.25, -0.2) is 0 Å². The molecule has 1 fully saturated rings. The quantitative estimate of drug-likeness (QED) is 0.810. The van der Waals surface area contributed by atoms with Crippen LogP contribution in [0.1, 0.15) is 24.8 Å². The molecular weight excluding hydrogens is 226 g/mol. The van der Waals surface area contributed by atoms with Crippen molar-refractivity contribution in [3.8, 4) is 0 Å². The number of hydrogen-bond acceptors (Lipinski definition) is 3. The van der Waals surface area contributed by atoms with Crippen LogP contribution in [-0.2, 0) is 16.0 Å². The maximum atomic E-state index is 11.7. The van der Waals surface area contributed by atoms with Gasteiger partial charge in [0.05, 0.1) is 6.61 Å². The van der Waals surface area contributed by atoms with Gasteiger partial charge in [0.25, 0.3) is 0 Å². The summed E-state index contributed by atoms with van der Waals surface area (Å²) in [6.07, 6.45) is 3.67. The van der Waals surface area contributed by atoms with Crippen LogP contribution in [0.4, 0.5) is 0 Å². The third-order valence-electron chi connectivity index (χ3n) is 3.35.